The zero-order valence-electron chi connectivity index (χ0n) is 15.8. The van der Waals surface area contributed by atoms with E-state index in [1.165, 1.54) is 0 Å². The van der Waals surface area contributed by atoms with Crippen molar-refractivity contribution in [2.45, 2.75) is 16.7 Å². The van der Waals surface area contributed by atoms with Gasteiger partial charge in [0.2, 0.25) is 5.91 Å². The average Bonchev–Trinajstić information content (AvgIpc) is 3.32. The normalized spacial score (nSPS) is 11.7. The van der Waals surface area contributed by atoms with Crippen LogP contribution in [-0.2, 0) is 11.3 Å². The highest BCUT2D eigenvalue weighted by Gasteiger charge is 2.22. The minimum absolute atomic E-state index is 0.00881. The molecule has 5 heteroatoms. The first-order chi connectivity index (χ1) is 14.3. The number of hydrogen-bond donors (Lipinski definition) is 1. The van der Waals surface area contributed by atoms with Crippen LogP contribution in [-0.4, -0.2) is 15.5 Å². The Hall–Kier alpha value is -3.31. The van der Waals surface area contributed by atoms with E-state index in [4.69, 9.17) is 0 Å². The summed E-state index contributed by atoms with van der Waals surface area (Å²) < 4.78 is 1.95. The third-order valence-electron chi connectivity index (χ3n) is 4.56. The van der Waals surface area contributed by atoms with E-state index in [1.54, 1.807) is 24.3 Å². The van der Waals surface area contributed by atoms with Crippen molar-refractivity contribution in [3.05, 3.63) is 115 Å². The number of benzene rings is 3. The van der Waals surface area contributed by atoms with Crippen LogP contribution < -0.4 is 5.32 Å². The van der Waals surface area contributed by atoms with Crippen molar-refractivity contribution in [2.24, 2.45) is 0 Å². The number of para-hydroxylation sites is 1. The third kappa shape index (κ3) is 4.76. The van der Waals surface area contributed by atoms with Crippen molar-refractivity contribution in [2.75, 3.05) is 0 Å². The lowest BCUT2D eigenvalue weighted by atomic mass is 10.1. The van der Waals surface area contributed by atoms with Crippen LogP contribution in [0.4, 0.5) is 0 Å². The van der Waals surface area contributed by atoms with Crippen LogP contribution in [0.2, 0.25) is 0 Å². The molecule has 4 rings (SSSR count). The number of nitrogens with one attached hydrogen (secondary N) is 1. The van der Waals surface area contributed by atoms with Crippen molar-refractivity contribution in [1.29, 1.82) is 0 Å². The van der Waals surface area contributed by atoms with Crippen LogP contribution >= 0.6 is 11.8 Å². The molecular formula is C24H21N3OS. The van der Waals surface area contributed by atoms with Crippen molar-refractivity contribution >= 4 is 17.7 Å². The fraction of sp³-hybridized carbons (Fsp3) is 0.0833. The maximum atomic E-state index is 13.2. The van der Waals surface area contributed by atoms with Crippen LogP contribution in [0, 0.1) is 0 Å². The number of nitrogens with zero attached hydrogens (tertiary/aromatic N) is 2. The van der Waals surface area contributed by atoms with Crippen LogP contribution in [0.3, 0.4) is 0 Å². The van der Waals surface area contributed by atoms with E-state index in [9.17, 15) is 4.79 Å². The van der Waals surface area contributed by atoms with Crippen molar-refractivity contribution in [3.8, 4) is 5.69 Å². The number of rotatable bonds is 7. The zero-order chi connectivity index (χ0) is 19.9. The molecule has 1 atom stereocenters. The number of carbonyl (C=O) groups excluding carboxylic acids is 1. The molecule has 0 aliphatic carbocycles. The second kappa shape index (κ2) is 9.26. The van der Waals surface area contributed by atoms with E-state index in [1.807, 2.05) is 95.7 Å². The summed E-state index contributed by atoms with van der Waals surface area (Å²) in [4.78, 5) is 18.4. The molecule has 1 unspecified atom stereocenters. The van der Waals surface area contributed by atoms with Gasteiger partial charge in [0.05, 0.1) is 12.0 Å². The van der Waals surface area contributed by atoms with Crippen LogP contribution in [0.1, 0.15) is 16.4 Å². The highest BCUT2D eigenvalue weighted by molar-refractivity contribution is 8.00. The molecule has 0 bridgehead atoms. The lowest BCUT2D eigenvalue weighted by molar-refractivity contribution is -0.120. The summed E-state index contributed by atoms with van der Waals surface area (Å²) in [6, 6.07) is 27.9. The van der Waals surface area contributed by atoms with Gasteiger partial charge in [0.1, 0.15) is 5.25 Å². The van der Waals surface area contributed by atoms with Gasteiger partial charge in [-0.1, -0.05) is 66.7 Å². The van der Waals surface area contributed by atoms with E-state index < -0.39 is 0 Å². The molecule has 144 valence electrons. The topological polar surface area (TPSA) is 46.9 Å². The molecule has 1 heterocycles. The third-order valence-corrected chi connectivity index (χ3v) is 5.83. The molecule has 29 heavy (non-hydrogen) atoms. The zero-order valence-corrected chi connectivity index (χ0v) is 16.6. The smallest absolute Gasteiger partial charge is 0.238 e. The van der Waals surface area contributed by atoms with Gasteiger partial charge in [0.25, 0.3) is 0 Å². The summed E-state index contributed by atoms with van der Waals surface area (Å²) in [5.41, 5.74) is 3.04. The van der Waals surface area contributed by atoms with Gasteiger partial charge in [-0.2, -0.15) is 0 Å². The molecule has 0 fully saturated rings. The highest BCUT2D eigenvalue weighted by Crippen LogP contribution is 2.35. The Labute approximate surface area is 174 Å². The molecule has 1 N–H and O–H groups in total. The quantitative estimate of drug-likeness (QED) is 0.444. The molecule has 1 aromatic heterocycles. The summed E-state index contributed by atoms with van der Waals surface area (Å²) in [5, 5.41) is 2.81. The van der Waals surface area contributed by atoms with E-state index >= 15 is 0 Å². The summed E-state index contributed by atoms with van der Waals surface area (Å²) in [6.07, 6.45) is 5.41. The molecule has 1 amide bonds. The van der Waals surface area contributed by atoms with Crippen molar-refractivity contribution in [3.63, 3.8) is 0 Å². The van der Waals surface area contributed by atoms with Gasteiger partial charge in [-0.3, -0.25) is 4.79 Å². The molecule has 3 aromatic carbocycles. The van der Waals surface area contributed by atoms with Crippen molar-refractivity contribution < 1.29 is 4.79 Å². The van der Waals surface area contributed by atoms with Gasteiger partial charge in [-0.05, 0) is 29.3 Å². The Kier molecular flexibility index (Phi) is 6.07. The Morgan fingerprint density at radius 3 is 2.34 bits per heavy atom. The fourth-order valence-corrected chi connectivity index (χ4v) is 4.19. The van der Waals surface area contributed by atoms with Crippen molar-refractivity contribution in [1.82, 2.24) is 14.9 Å². The molecule has 0 aliphatic rings. The molecule has 0 spiro atoms. The lowest BCUT2D eigenvalue weighted by Gasteiger charge is -2.18. The van der Waals surface area contributed by atoms with E-state index in [-0.39, 0.29) is 11.2 Å². The van der Waals surface area contributed by atoms with Crippen LogP contribution in [0.5, 0.6) is 0 Å². The van der Waals surface area contributed by atoms with Crippen LogP contribution in [0.15, 0.2) is 109 Å². The number of thioether (sulfide) groups is 1. The second-order valence-corrected chi connectivity index (χ2v) is 7.72. The van der Waals surface area contributed by atoms with Crippen LogP contribution in [0.25, 0.3) is 5.69 Å². The predicted octanol–water partition coefficient (Wildman–Crippen LogP) is 5.02. The lowest BCUT2D eigenvalue weighted by Crippen LogP contribution is -2.28. The predicted molar refractivity (Wildman–Crippen MR) is 117 cm³/mol. The van der Waals surface area contributed by atoms with Gasteiger partial charge >= 0.3 is 0 Å². The SMILES string of the molecule is O=C(NCc1ccccc1-n1ccnc1)C(Sc1ccccc1)c1ccccc1. The Bertz CT molecular complexity index is 1050. The summed E-state index contributed by atoms with van der Waals surface area (Å²) in [6.45, 7) is 0.450. The largest absolute Gasteiger partial charge is 0.351 e. The molecule has 0 radical (unpaired) electrons. The molecular weight excluding hydrogens is 378 g/mol. The first-order valence-corrected chi connectivity index (χ1v) is 10.3. The average molecular weight is 400 g/mol. The van der Waals surface area contributed by atoms with E-state index in [0.29, 0.717) is 6.54 Å². The first-order valence-electron chi connectivity index (χ1n) is 9.42. The van der Waals surface area contributed by atoms with Gasteiger partial charge in [0, 0.05) is 23.8 Å². The number of carbonyl (C=O) groups is 1. The van der Waals surface area contributed by atoms with Gasteiger partial charge in [-0.25, -0.2) is 4.98 Å². The Morgan fingerprint density at radius 1 is 0.931 bits per heavy atom. The highest BCUT2D eigenvalue weighted by atomic mass is 32.2. The molecule has 4 aromatic rings. The molecule has 0 saturated heterocycles. The minimum Gasteiger partial charge on any atom is -0.351 e. The molecule has 0 aliphatic heterocycles. The Balaban J connectivity index is 1.53. The standard InChI is InChI=1S/C24H21N3OS/c28-24(26-17-20-11-7-8-14-22(20)27-16-15-25-18-27)23(19-9-3-1-4-10-19)29-21-12-5-2-6-13-21/h1-16,18,23H,17H2,(H,26,28). The maximum absolute atomic E-state index is 13.2. The Morgan fingerprint density at radius 2 is 1.62 bits per heavy atom. The number of amides is 1. The number of aromatic nitrogens is 2. The van der Waals surface area contributed by atoms with E-state index in [0.717, 1.165) is 21.7 Å². The first kappa shape index (κ1) is 19.0. The van der Waals surface area contributed by atoms with Gasteiger partial charge < -0.3 is 9.88 Å². The summed E-state index contributed by atoms with van der Waals surface area (Å²) in [5.74, 6) is -0.00881. The maximum Gasteiger partial charge on any atom is 0.238 e. The fourth-order valence-electron chi connectivity index (χ4n) is 3.12. The van der Waals surface area contributed by atoms with E-state index in [2.05, 4.69) is 10.3 Å². The number of hydrogen-bond acceptors (Lipinski definition) is 3. The summed E-state index contributed by atoms with van der Waals surface area (Å²) >= 11 is 1.56. The molecule has 0 saturated carbocycles. The van der Waals surface area contributed by atoms with Gasteiger partial charge in [-0.15, -0.1) is 11.8 Å². The second-order valence-electron chi connectivity index (χ2n) is 6.54. The monoisotopic (exact) mass is 399 g/mol. The minimum atomic E-state index is -0.320. The molecule has 4 nitrogen and oxygen atoms in total. The summed E-state index contributed by atoms with van der Waals surface area (Å²) in [7, 11) is 0. The number of imidazole rings is 1. The van der Waals surface area contributed by atoms with Gasteiger partial charge in [0.15, 0.2) is 0 Å².